The molecule has 2 aliphatic rings. The average Bonchev–Trinajstić information content (AvgIpc) is 3.31. The van der Waals surface area contributed by atoms with E-state index in [9.17, 15) is 9.59 Å². The second kappa shape index (κ2) is 6.88. The lowest BCUT2D eigenvalue weighted by atomic mass is 10.1. The summed E-state index contributed by atoms with van der Waals surface area (Å²) in [5, 5.41) is 3.46. The van der Waals surface area contributed by atoms with Gasteiger partial charge in [-0.25, -0.2) is 9.59 Å². The Balaban J connectivity index is 1.73. The van der Waals surface area contributed by atoms with Crippen LogP contribution in [0.5, 0.6) is 0 Å². The van der Waals surface area contributed by atoms with E-state index in [0.717, 1.165) is 17.7 Å². The van der Waals surface area contributed by atoms with Crippen molar-refractivity contribution in [3.63, 3.8) is 0 Å². The average molecular weight is 338 g/mol. The van der Waals surface area contributed by atoms with Gasteiger partial charge in [-0.3, -0.25) is 5.32 Å². The molecule has 1 saturated heterocycles. The number of urea groups is 1. The molecule has 1 aliphatic heterocycles. The molecular weight excluding hydrogens is 316 g/mol. The van der Waals surface area contributed by atoms with E-state index in [4.69, 9.17) is 9.47 Å². The number of rotatable bonds is 4. The zero-order valence-electron chi connectivity index (χ0n) is 13.5. The molecule has 23 heavy (non-hydrogen) atoms. The summed E-state index contributed by atoms with van der Waals surface area (Å²) in [5.74, 6) is 0.156. The molecule has 0 spiro atoms. The van der Waals surface area contributed by atoms with Crippen LogP contribution in [0.25, 0.3) is 0 Å². The number of aryl methyl sites for hydroxylation is 1. The van der Waals surface area contributed by atoms with Crippen LogP contribution in [-0.2, 0) is 9.47 Å². The standard InChI is InChI=1S/C16H22N2O4S/c1-3-22-15(19)12-8-10(2)23-14(12)17-16(20)18-6-7-21-9-13(18)11-4-5-11/h8,11,13H,3-7,9H2,1-2H3,(H,17,20)/t13-/m1/s1. The Labute approximate surface area is 139 Å². The smallest absolute Gasteiger partial charge is 0.341 e. The number of morpholine rings is 1. The van der Waals surface area contributed by atoms with Gasteiger partial charge in [-0.2, -0.15) is 0 Å². The minimum atomic E-state index is -0.395. The Morgan fingerprint density at radius 2 is 2.26 bits per heavy atom. The molecule has 0 bridgehead atoms. The van der Waals surface area contributed by atoms with Crippen LogP contribution in [0, 0.1) is 12.8 Å². The molecule has 7 heteroatoms. The molecule has 126 valence electrons. The van der Waals surface area contributed by atoms with Crippen LogP contribution >= 0.6 is 11.3 Å². The van der Waals surface area contributed by atoms with Crippen molar-refractivity contribution in [1.82, 2.24) is 4.90 Å². The second-order valence-corrected chi connectivity index (χ2v) is 7.18. The van der Waals surface area contributed by atoms with E-state index in [0.29, 0.717) is 42.8 Å². The zero-order chi connectivity index (χ0) is 16.4. The number of ether oxygens (including phenoxy) is 2. The van der Waals surface area contributed by atoms with Gasteiger partial charge in [0.25, 0.3) is 0 Å². The van der Waals surface area contributed by atoms with Gasteiger partial charge < -0.3 is 14.4 Å². The van der Waals surface area contributed by atoms with Crippen LogP contribution in [0.4, 0.5) is 9.80 Å². The largest absolute Gasteiger partial charge is 0.462 e. The van der Waals surface area contributed by atoms with Crippen LogP contribution < -0.4 is 5.32 Å². The van der Waals surface area contributed by atoms with Crippen LogP contribution in [0.15, 0.2) is 6.07 Å². The summed E-state index contributed by atoms with van der Waals surface area (Å²) in [5.41, 5.74) is 0.430. The zero-order valence-corrected chi connectivity index (χ0v) is 14.3. The Morgan fingerprint density at radius 1 is 1.48 bits per heavy atom. The lowest BCUT2D eigenvalue weighted by Gasteiger charge is -2.35. The number of esters is 1. The van der Waals surface area contributed by atoms with E-state index in [1.807, 2.05) is 11.8 Å². The molecule has 1 atom stereocenters. The maximum atomic E-state index is 12.7. The molecule has 3 rings (SSSR count). The van der Waals surface area contributed by atoms with Gasteiger partial charge >= 0.3 is 12.0 Å². The number of carbonyl (C=O) groups excluding carboxylic acids is 2. The molecule has 0 radical (unpaired) electrons. The van der Waals surface area contributed by atoms with Crippen LogP contribution in [0.1, 0.15) is 35.0 Å². The van der Waals surface area contributed by atoms with Crippen molar-refractivity contribution in [2.24, 2.45) is 5.92 Å². The highest BCUT2D eigenvalue weighted by atomic mass is 32.1. The molecule has 1 saturated carbocycles. The van der Waals surface area contributed by atoms with E-state index >= 15 is 0 Å². The fourth-order valence-corrected chi connectivity index (χ4v) is 3.77. The van der Waals surface area contributed by atoms with Gasteiger partial charge in [-0.1, -0.05) is 0 Å². The van der Waals surface area contributed by atoms with Crippen molar-refractivity contribution in [1.29, 1.82) is 0 Å². The van der Waals surface area contributed by atoms with Crippen LogP contribution in [-0.4, -0.2) is 49.3 Å². The number of hydrogen-bond donors (Lipinski definition) is 1. The maximum Gasteiger partial charge on any atom is 0.341 e. The van der Waals surface area contributed by atoms with Gasteiger partial charge in [0.1, 0.15) is 5.00 Å². The summed E-state index contributed by atoms with van der Waals surface area (Å²) >= 11 is 1.40. The Bertz CT molecular complexity index is 597. The summed E-state index contributed by atoms with van der Waals surface area (Å²) in [6.07, 6.45) is 2.31. The minimum Gasteiger partial charge on any atom is -0.462 e. The van der Waals surface area contributed by atoms with E-state index in [1.54, 1.807) is 13.0 Å². The number of carbonyl (C=O) groups is 2. The fourth-order valence-electron chi connectivity index (χ4n) is 2.88. The van der Waals surface area contributed by atoms with Gasteiger partial charge in [0, 0.05) is 11.4 Å². The number of nitrogens with zero attached hydrogens (tertiary/aromatic N) is 1. The van der Waals surface area contributed by atoms with Crippen molar-refractivity contribution in [3.05, 3.63) is 16.5 Å². The number of amides is 2. The number of nitrogens with one attached hydrogen (secondary N) is 1. The third-order valence-electron chi connectivity index (χ3n) is 4.16. The first kappa shape index (κ1) is 16.3. The molecule has 2 fully saturated rings. The monoisotopic (exact) mass is 338 g/mol. The topological polar surface area (TPSA) is 67.9 Å². The first-order valence-electron chi connectivity index (χ1n) is 8.03. The third-order valence-corrected chi connectivity index (χ3v) is 5.13. The van der Waals surface area contributed by atoms with E-state index < -0.39 is 5.97 Å². The first-order chi connectivity index (χ1) is 11.1. The van der Waals surface area contributed by atoms with Gasteiger partial charge in [0.05, 0.1) is 31.4 Å². The highest BCUT2D eigenvalue weighted by Crippen LogP contribution is 2.37. The van der Waals surface area contributed by atoms with Crippen molar-refractivity contribution >= 4 is 28.3 Å². The normalized spacial score (nSPS) is 21.1. The SMILES string of the molecule is CCOC(=O)c1cc(C)sc1NC(=O)N1CCOC[C@@H]1C1CC1. The minimum absolute atomic E-state index is 0.149. The number of thiophene rings is 1. The van der Waals surface area contributed by atoms with Crippen molar-refractivity contribution in [2.75, 3.05) is 31.7 Å². The Hall–Kier alpha value is -1.60. The number of hydrogen-bond acceptors (Lipinski definition) is 5. The van der Waals surface area contributed by atoms with Crippen molar-refractivity contribution in [2.45, 2.75) is 32.7 Å². The summed E-state index contributed by atoms with van der Waals surface area (Å²) in [6, 6.07) is 1.75. The molecule has 2 amide bonds. The second-order valence-electron chi connectivity index (χ2n) is 5.92. The molecule has 1 N–H and O–H groups in total. The molecule has 1 aliphatic carbocycles. The molecule has 6 nitrogen and oxygen atoms in total. The maximum absolute atomic E-state index is 12.7. The van der Waals surface area contributed by atoms with Crippen molar-refractivity contribution in [3.8, 4) is 0 Å². The van der Waals surface area contributed by atoms with Gasteiger partial charge in [-0.05, 0) is 38.7 Å². The lowest BCUT2D eigenvalue weighted by Crippen LogP contribution is -2.51. The quantitative estimate of drug-likeness (QED) is 0.857. The van der Waals surface area contributed by atoms with E-state index in [1.165, 1.54) is 11.3 Å². The van der Waals surface area contributed by atoms with Crippen LogP contribution in [0.3, 0.4) is 0 Å². The van der Waals surface area contributed by atoms with E-state index in [-0.39, 0.29) is 12.1 Å². The fraction of sp³-hybridized carbons (Fsp3) is 0.625. The molecule has 0 aromatic carbocycles. The molecule has 1 aromatic heterocycles. The van der Waals surface area contributed by atoms with Gasteiger partial charge in [0.15, 0.2) is 0 Å². The van der Waals surface area contributed by atoms with Gasteiger partial charge in [0.2, 0.25) is 0 Å². The highest BCUT2D eigenvalue weighted by molar-refractivity contribution is 7.16. The number of anilines is 1. The predicted molar refractivity (Wildman–Crippen MR) is 88.1 cm³/mol. The molecule has 0 unspecified atom stereocenters. The predicted octanol–water partition coefficient (Wildman–Crippen LogP) is 2.88. The summed E-state index contributed by atoms with van der Waals surface area (Å²) in [6.45, 7) is 5.74. The Morgan fingerprint density at radius 3 is 2.96 bits per heavy atom. The summed E-state index contributed by atoms with van der Waals surface area (Å²) in [7, 11) is 0. The molecule has 1 aromatic rings. The lowest BCUT2D eigenvalue weighted by molar-refractivity contribution is 0.00773. The van der Waals surface area contributed by atoms with Crippen molar-refractivity contribution < 1.29 is 19.1 Å². The molecular formula is C16H22N2O4S. The summed E-state index contributed by atoms with van der Waals surface area (Å²) < 4.78 is 10.6. The van der Waals surface area contributed by atoms with Gasteiger partial charge in [-0.15, -0.1) is 11.3 Å². The van der Waals surface area contributed by atoms with Crippen LogP contribution in [0.2, 0.25) is 0 Å². The highest BCUT2D eigenvalue weighted by Gasteiger charge is 2.39. The first-order valence-corrected chi connectivity index (χ1v) is 8.84. The Kier molecular flexibility index (Phi) is 4.87. The molecule has 2 heterocycles. The van der Waals surface area contributed by atoms with E-state index in [2.05, 4.69) is 5.32 Å². The third kappa shape index (κ3) is 3.67. The summed E-state index contributed by atoms with van der Waals surface area (Å²) in [4.78, 5) is 27.5.